The molecule has 1 aliphatic heterocycles. The summed E-state index contributed by atoms with van der Waals surface area (Å²) in [5.41, 5.74) is 5.83. The lowest BCUT2D eigenvalue weighted by molar-refractivity contribution is 0.0677. The van der Waals surface area contributed by atoms with Gasteiger partial charge < -0.3 is 0 Å². The van der Waals surface area contributed by atoms with E-state index >= 15 is 0 Å². The van der Waals surface area contributed by atoms with Gasteiger partial charge >= 0.3 is 0 Å². The zero-order valence-corrected chi connectivity index (χ0v) is 17.5. The molecule has 2 heterocycles. The second-order valence-electron chi connectivity index (χ2n) is 6.79. The molecule has 0 saturated carbocycles. The Morgan fingerprint density at radius 2 is 1.80 bits per heavy atom. The number of nitrogens with zero attached hydrogens (tertiary/aromatic N) is 1. The summed E-state index contributed by atoms with van der Waals surface area (Å²) in [7, 11) is -3.37. The number of halogens is 1. The van der Waals surface area contributed by atoms with Gasteiger partial charge in [0, 0.05) is 5.69 Å². The number of thiophene rings is 1. The van der Waals surface area contributed by atoms with Crippen molar-refractivity contribution >= 4 is 38.7 Å². The molecule has 1 atom stereocenters. The Morgan fingerprint density at radius 3 is 2.40 bits per heavy atom. The summed E-state index contributed by atoms with van der Waals surface area (Å²) in [5, 5.41) is 3.34. The maximum Gasteiger partial charge on any atom is 0.283 e. The van der Waals surface area contributed by atoms with Crippen molar-refractivity contribution in [2.75, 3.05) is 11.0 Å². The van der Waals surface area contributed by atoms with E-state index in [1.807, 2.05) is 17.5 Å². The summed E-state index contributed by atoms with van der Waals surface area (Å²) >= 11 is 1.34. The molecule has 0 saturated heterocycles. The van der Waals surface area contributed by atoms with Crippen LogP contribution in [0.15, 0.2) is 72.1 Å². The number of hydrogen-bond acceptors (Lipinski definition) is 5. The lowest BCUT2D eigenvalue weighted by atomic mass is 10.0. The Balaban J connectivity index is 1.66. The number of carbonyl (C=O) groups excluding carboxylic acids is 1. The summed E-state index contributed by atoms with van der Waals surface area (Å²) in [6.07, 6.45) is 2.97. The number of carbonyl (C=O) groups is 1. The van der Waals surface area contributed by atoms with Crippen molar-refractivity contribution in [3.05, 3.63) is 93.9 Å². The van der Waals surface area contributed by atoms with E-state index in [2.05, 4.69) is 10.1 Å². The van der Waals surface area contributed by atoms with Crippen LogP contribution in [0.5, 0.6) is 0 Å². The Kier molecular flexibility index (Phi) is 5.31. The molecule has 2 aromatic carbocycles. The third-order valence-corrected chi connectivity index (χ3v) is 5.97. The van der Waals surface area contributed by atoms with Gasteiger partial charge in [0.25, 0.3) is 5.91 Å². The molecular formula is C21H18FN3O3S2. The third kappa shape index (κ3) is 4.37. The number of hydrazine groups is 1. The minimum Gasteiger partial charge on any atom is -0.294 e. The molecule has 0 bridgehead atoms. The lowest BCUT2D eigenvalue weighted by Crippen LogP contribution is -2.39. The molecule has 1 unspecified atom stereocenters. The number of rotatable bonds is 5. The molecular weight excluding hydrogens is 425 g/mol. The molecule has 1 amide bonds. The highest BCUT2D eigenvalue weighted by molar-refractivity contribution is 7.92. The topological polar surface area (TPSA) is 78.5 Å². The van der Waals surface area contributed by atoms with Crippen LogP contribution in [0.2, 0.25) is 0 Å². The molecule has 6 nitrogen and oxygen atoms in total. The average Bonchev–Trinajstić information content (AvgIpc) is 3.38. The first-order valence-electron chi connectivity index (χ1n) is 8.99. The van der Waals surface area contributed by atoms with E-state index in [-0.39, 0.29) is 11.7 Å². The molecule has 4 rings (SSSR count). The summed E-state index contributed by atoms with van der Waals surface area (Å²) in [6.45, 7) is 0. The van der Waals surface area contributed by atoms with Gasteiger partial charge in [-0.3, -0.25) is 14.9 Å². The molecule has 1 aliphatic rings. The minimum atomic E-state index is -3.37. The largest absolute Gasteiger partial charge is 0.294 e. The normalized spacial score (nSPS) is 16.1. The smallest absolute Gasteiger partial charge is 0.283 e. The number of amides is 1. The first-order chi connectivity index (χ1) is 14.3. The molecule has 3 aromatic rings. The first kappa shape index (κ1) is 20.1. The molecule has 0 radical (unpaired) electrons. The molecule has 0 fully saturated rings. The van der Waals surface area contributed by atoms with Gasteiger partial charge in [0.2, 0.25) is 10.0 Å². The predicted molar refractivity (Wildman–Crippen MR) is 116 cm³/mol. The van der Waals surface area contributed by atoms with Crippen LogP contribution in [0.1, 0.15) is 26.8 Å². The van der Waals surface area contributed by atoms with Crippen LogP contribution in [0.4, 0.5) is 10.1 Å². The van der Waals surface area contributed by atoms with Crippen LogP contribution in [0.3, 0.4) is 0 Å². The van der Waals surface area contributed by atoms with Gasteiger partial charge in [-0.05, 0) is 52.9 Å². The number of sulfonamides is 1. The molecule has 1 aromatic heterocycles. The van der Waals surface area contributed by atoms with Crippen LogP contribution in [-0.4, -0.2) is 25.6 Å². The van der Waals surface area contributed by atoms with E-state index in [0.29, 0.717) is 16.3 Å². The maximum atomic E-state index is 13.4. The molecule has 0 aliphatic carbocycles. The second kappa shape index (κ2) is 7.92. The van der Waals surface area contributed by atoms with Crippen molar-refractivity contribution in [3.8, 4) is 0 Å². The average molecular weight is 444 g/mol. The maximum absolute atomic E-state index is 13.4. The van der Waals surface area contributed by atoms with Crippen molar-refractivity contribution in [2.45, 2.75) is 6.04 Å². The van der Waals surface area contributed by atoms with E-state index in [9.17, 15) is 17.6 Å². The first-order valence-corrected chi connectivity index (χ1v) is 11.8. The summed E-state index contributed by atoms with van der Waals surface area (Å²) in [5.74, 6) is -0.542. The van der Waals surface area contributed by atoms with Gasteiger partial charge in [-0.15, -0.1) is 11.3 Å². The van der Waals surface area contributed by atoms with Crippen LogP contribution >= 0.6 is 11.3 Å². The van der Waals surface area contributed by atoms with E-state index < -0.39 is 16.1 Å². The zero-order chi connectivity index (χ0) is 21.3. The monoisotopic (exact) mass is 443 g/mol. The fourth-order valence-corrected chi connectivity index (χ4v) is 4.39. The fourth-order valence-electron chi connectivity index (χ4n) is 3.16. The van der Waals surface area contributed by atoms with Gasteiger partial charge in [-0.25, -0.2) is 17.8 Å². The van der Waals surface area contributed by atoms with Gasteiger partial charge in [-0.1, -0.05) is 30.3 Å². The number of benzene rings is 2. The van der Waals surface area contributed by atoms with Gasteiger partial charge in [0.1, 0.15) is 5.82 Å². The Labute approximate surface area is 177 Å². The van der Waals surface area contributed by atoms with Crippen LogP contribution < -0.4 is 10.1 Å². The quantitative estimate of drug-likeness (QED) is 0.625. The van der Waals surface area contributed by atoms with Crippen LogP contribution in [-0.2, 0) is 10.0 Å². The van der Waals surface area contributed by atoms with Crippen molar-refractivity contribution in [3.63, 3.8) is 0 Å². The van der Waals surface area contributed by atoms with Gasteiger partial charge in [-0.2, -0.15) is 0 Å². The molecule has 0 spiro atoms. The van der Waals surface area contributed by atoms with Crippen molar-refractivity contribution in [2.24, 2.45) is 0 Å². The second-order valence-corrected chi connectivity index (χ2v) is 9.49. The predicted octanol–water partition coefficient (Wildman–Crippen LogP) is 4.00. The summed E-state index contributed by atoms with van der Waals surface area (Å²) < 4.78 is 38.6. The number of hydrogen-bond donors (Lipinski definition) is 2. The van der Waals surface area contributed by atoms with Crippen molar-refractivity contribution < 1.29 is 17.6 Å². The van der Waals surface area contributed by atoms with E-state index in [0.717, 1.165) is 17.4 Å². The minimum absolute atomic E-state index is 0.194. The number of nitrogens with one attached hydrogen (secondary N) is 2. The van der Waals surface area contributed by atoms with Crippen LogP contribution in [0.25, 0.3) is 5.70 Å². The fraction of sp³-hybridized carbons (Fsp3) is 0.0952. The lowest BCUT2D eigenvalue weighted by Gasteiger charge is -2.25. The Morgan fingerprint density at radius 1 is 1.10 bits per heavy atom. The third-order valence-electron chi connectivity index (χ3n) is 4.51. The molecule has 9 heteroatoms. The van der Waals surface area contributed by atoms with E-state index in [1.165, 1.54) is 28.5 Å². The SMILES string of the molecule is CS(=O)(=O)Nc1ccc(C2=CC(c3ccc(F)cc3)N(C(=O)c3cccs3)N2)cc1. The molecule has 30 heavy (non-hydrogen) atoms. The van der Waals surface area contributed by atoms with Crippen molar-refractivity contribution in [1.82, 2.24) is 10.4 Å². The Hall–Kier alpha value is -3.17. The van der Waals surface area contributed by atoms with Crippen LogP contribution in [0, 0.1) is 5.82 Å². The molecule has 2 N–H and O–H groups in total. The highest BCUT2D eigenvalue weighted by Crippen LogP contribution is 2.33. The van der Waals surface area contributed by atoms with Gasteiger partial charge in [0.05, 0.1) is 22.9 Å². The number of anilines is 1. The highest BCUT2D eigenvalue weighted by atomic mass is 32.2. The van der Waals surface area contributed by atoms with Crippen molar-refractivity contribution in [1.29, 1.82) is 0 Å². The van der Waals surface area contributed by atoms with E-state index in [1.54, 1.807) is 42.5 Å². The highest BCUT2D eigenvalue weighted by Gasteiger charge is 2.32. The summed E-state index contributed by atoms with van der Waals surface area (Å²) in [6, 6.07) is 16.0. The standard InChI is InChI=1S/C21H18FN3O3S2/c1-30(27,28)24-17-10-6-14(7-11-17)18-13-19(15-4-8-16(22)9-5-15)25(23-18)21(26)20-3-2-12-29-20/h2-13,19,23-24H,1H3. The van der Waals surface area contributed by atoms with E-state index in [4.69, 9.17) is 0 Å². The van der Waals surface area contributed by atoms with Gasteiger partial charge in [0.15, 0.2) is 0 Å². The Bertz CT molecular complexity index is 1190. The summed E-state index contributed by atoms with van der Waals surface area (Å²) in [4.78, 5) is 13.6. The molecule has 154 valence electrons. The zero-order valence-electron chi connectivity index (χ0n) is 15.9.